The summed E-state index contributed by atoms with van der Waals surface area (Å²) >= 11 is 3.59. The van der Waals surface area contributed by atoms with Crippen molar-refractivity contribution in [3.05, 3.63) is 92.7 Å². The lowest BCUT2D eigenvalue weighted by Crippen LogP contribution is -2.38. The van der Waals surface area contributed by atoms with Crippen LogP contribution in [0, 0.1) is 11.7 Å². The molecule has 204 valence electrons. The number of amides is 1. The van der Waals surface area contributed by atoms with Crippen LogP contribution >= 0.6 is 15.9 Å². The van der Waals surface area contributed by atoms with Crippen LogP contribution < -0.4 is 15.0 Å². The van der Waals surface area contributed by atoms with Crippen molar-refractivity contribution in [1.29, 1.82) is 0 Å². The minimum Gasteiger partial charge on any atom is -0.497 e. The van der Waals surface area contributed by atoms with Crippen LogP contribution in [0.3, 0.4) is 0 Å². The molecule has 3 aromatic carbocycles. The Morgan fingerprint density at radius 2 is 1.79 bits per heavy atom. The summed E-state index contributed by atoms with van der Waals surface area (Å²) in [5.74, 6) is 0.767. The van der Waals surface area contributed by atoms with Crippen molar-refractivity contribution in [2.45, 2.75) is 33.2 Å². The Hall–Kier alpha value is -3.72. The van der Waals surface area contributed by atoms with E-state index in [4.69, 9.17) is 14.5 Å². The van der Waals surface area contributed by atoms with E-state index < -0.39 is 11.9 Å². The molecular weight excluding hydrogens is 565 g/mol. The molecule has 1 aromatic heterocycles. The summed E-state index contributed by atoms with van der Waals surface area (Å²) in [6.07, 6.45) is 0.708. The van der Waals surface area contributed by atoms with Crippen LogP contribution in [0.15, 0.2) is 69.9 Å². The largest absolute Gasteiger partial charge is 0.497 e. The molecular formula is C30H31BrFN3O4. The Labute approximate surface area is 235 Å². The van der Waals surface area contributed by atoms with Crippen LogP contribution in [-0.4, -0.2) is 41.1 Å². The number of nitrogens with zero attached hydrogens (tertiary/aromatic N) is 3. The van der Waals surface area contributed by atoms with Crippen LogP contribution in [0.4, 0.5) is 4.39 Å². The van der Waals surface area contributed by atoms with Crippen molar-refractivity contribution in [3.63, 3.8) is 0 Å². The fourth-order valence-electron chi connectivity index (χ4n) is 4.45. The van der Waals surface area contributed by atoms with E-state index >= 15 is 0 Å². The van der Waals surface area contributed by atoms with Gasteiger partial charge in [0.05, 0.1) is 41.3 Å². The van der Waals surface area contributed by atoms with Crippen molar-refractivity contribution in [2.75, 3.05) is 20.8 Å². The van der Waals surface area contributed by atoms with Gasteiger partial charge in [0.1, 0.15) is 23.1 Å². The number of ether oxygens (including phenoxy) is 2. The van der Waals surface area contributed by atoms with E-state index in [0.717, 1.165) is 0 Å². The van der Waals surface area contributed by atoms with Gasteiger partial charge in [-0.05, 0) is 65.5 Å². The molecule has 0 aliphatic heterocycles. The number of carbonyl (C=O) groups excluding carboxylic acids is 1. The second-order valence-corrected chi connectivity index (χ2v) is 10.5. The smallest absolute Gasteiger partial charge is 0.266 e. The third-order valence-corrected chi connectivity index (χ3v) is 7.41. The monoisotopic (exact) mass is 595 g/mol. The van der Waals surface area contributed by atoms with Gasteiger partial charge >= 0.3 is 0 Å². The molecule has 0 saturated carbocycles. The number of methoxy groups -OCH3 is 2. The lowest BCUT2D eigenvalue weighted by molar-refractivity contribution is 0.0671. The van der Waals surface area contributed by atoms with E-state index in [1.165, 1.54) is 37.0 Å². The average molecular weight is 596 g/mol. The standard InChI is InChI=1S/C30H31BrFN3O4/c1-18(2)13-14-34(29(36)20-9-8-10-21(32)15-20)19(3)28-33-24-12-7-6-11-23(24)30(37)35(28)25-16-22(38-4)17-26(39-5)27(25)31/h6-12,15-19H,13-14H2,1-5H3. The molecule has 39 heavy (non-hydrogen) atoms. The molecule has 4 aromatic rings. The first-order valence-corrected chi connectivity index (χ1v) is 13.5. The van der Waals surface area contributed by atoms with Crippen molar-refractivity contribution < 1.29 is 18.7 Å². The SMILES string of the molecule is COc1cc(OC)c(Br)c(-n2c(C(C)N(CCC(C)C)C(=O)c3cccc(F)c3)nc3ccccc3c2=O)c1. The first kappa shape index (κ1) is 28.3. The number of halogens is 2. The Morgan fingerprint density at radius 1 is 1.05 bits per heavy atom. The lowest BCUT2D eigenvalue weighted by Gasteiger charge is -2.31. The van der Waals surface area contributed by atoms with Gasteiger partial charge in [-0.3, -0.25) is 14.2 Å². The number of aromatic nitrogens is 2. The number of fused-ring (bicyclic) bond motifs is 1. The zero-order valence-corrected chi connectivity index (χ0v) is 24.2. The molecule has 1 atom stereocenters. The van der Waals surface area contributed by atoms with Crippen LogP contribution in [0.1, 0.15) is 49.4 Å². The van der Waals surface area contributed by atoms with E-state index in [9.17, 15) is 14.0 Å². The number of rotatable bonds is 9. The van der Waals surface area contributed by atoms with Crippen molar-refractivity contribution >= 4 is 32.7 Å². The molecule has 4 rings (SSSR count). The maximum atomic E-state index is 14.1. The molecule has 9 heteroatoms. The van der Waals surface area contributed by atoms with Gasteiger partial charge in [0, 0.05) is 24.2 Å². The quantitative estimate of drug-likeness (QED) is 0.219. The maximum absolute atomic E-state index is 14.1. The highest BCUT2D eigenvalue weighted by Crippen LogP contribution is 2.37. The average Bonchev–Trinajstić information content (AvgIpc) is 2.93. The number of para-hydroxylation sites is 1. The van der Waals surface area contributed by atoms with E-state index in [2.05, 4.69) is 29.8 Å². The number of carbonyl (C=O) groups is 1. The molecule has 1 heterocycles. The van der Waals surface area contributed by atoms with Gasteiger partial charge in [-0.2, -0.15) is 0 Å². The molecule has 1 amide bonds. The van der Waals surface area contributed by atoms with Crippen LogP contribution in [0.5, 0.6) is 11.5 Å². The third kappa shape index (κ3) is 5.83. The first-order chi connectivity index (χ1) is 18.7. The summed E-state index contributed by atoms with van der Waals surface area (Å²) < 4.78 is 27.1. The molecule has 0 saturated heterocycles. The summed E-state index contributed by atoms with van der Waals surface area (Å²) in [5.41, 5.74) is 0.886. The highest BCUT2D eigenvalue weighted by Gasteiger charge is 2.29. The van der Waals surface area contributed by atoms with Gasteiger partial charge in [0.25, 0.3) is 11.5 Å². The fourth-order valence-corrected chi connectivity index (χ4v) is 5.01. The Kier molecular flexibility index (Phi) is 8.70. The van der Waals surface area contributed by atoms with Crippen molar-refractivity contribution in [1.82, 2.24) is 14.5 Å². The Bertz CT molecular complexity index is 1570. The molecule has 0 fully saturated rings. The van der Waals surface area contributed by atoms with E-state index in [1.54, 1.807) is 41.3 Å². The summed E-state index contributed by atoms with van der Waals surface area (Å²) in [7, 11) is 3.06. The van der Waals surface area contributed by atoms with Gasteiger partial charge in [0.15, 0.2) is 0 Å². The minimum absolute atomic E-state index is 0.226. The van der Waals surface area contributed by atoms with Crippen LogP contribution in [0.2, 0.25) is 0 Å². The first-order valence-electron chi connectivity index (χ1n) is 12.7. The van der Waals surface area contributed by atoms with Gasteiger partial charge in [0.2, 0.25) is 0 Å². The molecule has 1 unspecified atom stereocenters. The minimum atomic E-state index is -0.652. The normalized spacial score (nSPS) is 12.0. The van der Waals surface area contributed by atoms with E-state index in [1.807, 2.05) is 13.0 Å². The summed E-state index contributed by atoms with van der Waals surface area (Å²) in [6.45, 7) is 6.36. The number of hydrogen-bond acceptors (Lipinski definition) is 5. The molecule has 0 spiro atoms. The van der Waals surface area contributed by atoms with Crippen molar-refractivity contribution in [2.24, 2.45) is 5.92 Å². The van der Waals surface area contributed by atoms with Gasteiger partial charge < -0.3 is 14.4 Å². The van der Waals surface area contributed by atoms with Crippen molar-refractivity contribution in [3.8, 4) is 17.2 Å². The van der Waals surface area contributed by atoms with Crippen LogP contribution in [0.25, 0.3) is 16.6 Å². The summed E-state index contributed by atoms with van der Waals surface area (Å²) in [5, 5.41) is 0.423. The molecule has 0 aliphatic rings. The summed E-state index contributed by atoms with van der Waals surface area (Å²) in [4.78, 5) is 34.4. The predicted octanol–water partition coefficient (Wildman–Crippen LogP) is 6.55. The topological polar surface area (TPSA) is 73.7 Å². The van der Waals surface area contributed by atoms with Crippen LogP contribution in [-0.2, 0) is 0 Å². The zero-order chi connectivity index (χ0) is 28.3. The van der Waals surface area contributed by atoms with E-state index in [0.29, 0.717) is 57.3 Å². The second-order valence-electron chi connectivity index (χ2n) is 9.66. The van der Waals surface area contributed by atoms with Gasteiger partial charge in [-0.15, -0.1) is 0 Å². The fraction of sp³-hybridized carbons (Fsp3) is 0.300. The third-order valence-electron chi connectivity index (χ3n) is 6.61. The predicted molar refractivity (Wildman–Crippen MR) is 153 cm³/mol. The number of hydrogen-bond donors (Lipinski definition) is 0. The Morgan fingerprint density at radius 3 is 2.46 bits per heavy atom. The highest BCUT2D eigenvalue weighted by atomic mass is 79.9. The molecule has 0 radical (unpaired) electrons. The Balaban J connectivity index is 1.98. The second kappa shape index (κ2) is 12.0. The lowest BCUT2D eigenvalue weighted by atomic mass is 10.1. The molecule has 0 N–H and O–H groups in total. The maximum Gasteiger partial charge on any atom is 0.266 e. The van der Waals surface area contributed by atoms with E-state index in [-0.39, 0.29) is 17.0 Å². The molecule has 0 bridgehead atoms. The van der Waals surface area contributed by atoms with Gasteiger partial charge in [-0.25, -0.2) is 9.37 Å². The summed E-state index contributed by atoms with van der Waals surface area (Å²) in [6, 6.07) is 15.5. The highest BCUT2D eigenvalue weighted by molar-refractivity contribution is 9.10. The molecule has 7 nitrogen and oxygen atoms in total. The number of benzene rings is 3. The van der Waals surface area contributed by atoms with Gasteiger partial charge in [-0.1, -0.05) is 32.0 Å². The molecule has 0 aliphatic carbocycles. The zero-order valence-electron chi connectivity index (χ0n) is 22.6.